The number of benzene rings is 2. The van der Waals surface area contributed by atoms with Crippen LogP contribution in [0.3, 0.4) is 0 Å². The minimum Gasteiger partial charge on any atom is -0.314 e. The first-order valence-electron chi connectivity index (χ1n) is 7.86. The van der Waals surface area contributed by atoms with E-state index in [0.717, 1.165) is 24.0 Å². The van der Waals surface area contributed by atoms with E-state index in [0.29, 0.717) is 6.54 Å². The first-order valence-corrected chi connectivity index (χ1v) is 7.86. The molecule has 1 aliphatic heterocycles. The van der Waals surface area contributed by atoms with Gasteiger partial charge < -0.3 is 4.90 Å². The molecule has 0 fully saturated rings. The van der Waals surface area contributed by atoms with E-state index in [1.165, 1.54) is 0 Å². The van der Waals surface area contributed by atoms with Gasteiger partial charge >= 0.3 is 0 Å². The standard InChI is InChI=1S/C20H21NO/c1-2-13-20(18-11-7-4-8-12-18)14-15-21(19(20)22)16-17-9-5-3-6-10-17/h3-12,14-15H,2,13,16H2,1H3. The molecule has 0 spiro atoms. The smallest absolute Gasteiger partial charge is 0.241 e. The summed E-state index contributed by atoms with van der Waals surface area (Å²) >= 11 is 0. The zero-order chi connectivity index (χ0) is 15.4. The number of carbonyl (C=O) groups is 1. The lowest BCUT2D eigenvalue weighted by atomic mass is 9.77. The third-order valence-electron chi connectivity index (χ3n) is 4.31. The summed E-state index contributed by atoms with van der Waals surface area (Å²) in [5, 5.41) is 0. The third-order valence-corrected chi connectivity index (χ3v) is 4.31. The molecule has 112 valence electrons. The normalized spacial score (nSPS) is 20.6. The molecule has 2 aromatic rings. The second-order valence-electron chi connectivity index (χ2n) is 5.82. The second-order valence-corrected chi connectivity index (χ2v) is 5.82. The van der Waals surface area contributed by atoms with Gasteiger partial charge in [-0.25, -0.2) is 0 Å². The van der Waals surface area contributed by atoms with Crippen molar-refractivity contribution in [3.05, 3.63) is 84.1 Å². The number of rotatable bonds is 5. The van der Waals surface area contributed by atoms with E-state index in [4.69, 9.17) is 0 Å². The highest BCUT2D eigenvalue weighted by Crippen LogP contribution is 2.38. The van der Waals surface area contributed by atoms with E-state index in [-0.39, 0.29) is 5.91 Å². The molecule has 22 heavy (non-hydrogen) atoms. The first kappa shape index (κ1) is 14.6. The minimum atomic E-state index is -0.495. The van der Waals surface area contributed by atoms with Crippen LogP contribution >= 0.6 is 0 Å². The fourth-order valence-corrected chi connectivity index (χ4v) is 3.20. The van der Waals surface area contributed by atoms with Crippen molar-refractivity contribution < 1.29 is 4.79 Å². The summed E-state index contributed by atoms with van der Waals surface area (Å²) in [6.07, 6.45) is 5.86. The van der Waals surface area contributed by atoms with Crippen molar-refractivity contribution in [2.24, 2.45) is 0 Å². The Hall–Kier alpha value is -2.35. The zero-order valence-corrected chi connectivity index (χ0v) is 12.9. The number of hydrogen-bond acceptors (Lipinski definition) is 1. The van der Waals surface area contributed by atoms with Gasteiger partial charge in [0.05, 0.1) is 12.0 Å². The van der Waals surface area contributed by atoms with Crippen LogP contribution in [-0.2, 0) is 16.8 Å². The summed E-state index contributed by atoms with van der Waals surface area (Å²) in [5.74, 6) is 0.185. The summed E-state index contributed by atoms with van der Waals surface area (Å²) in [4.78, 5) is 14.9. The molecule has 1 aliphatic rings. The van der Waals surface area contributed by atoms with Crippen LogP contribution in [0.2, 0.25) is 0 Å². The average Bonchev–Trinajstić information content (AvgIpc) is 2.88. The Bertz CT molecular complexity index is 663. The molecule has 0 bridgehead atoms. The van der Waals surface area contributed by atoms with Gasteiger partial charge in [-0.1, -0.05) is 74.0 Å². The van der Waals surface area contributed by atoms with Gasteiger partial charge in [-0.2, -0.15) is 0 Å². The Morgan fingerprint density at radius 3 is 2.23 bits per heavy atom. The van der Waals surface area contributed by atoms with Gasteiger partial charge in [0.25, 0.3) is 0 Å². The summed E-state index contributed by atoms with van der Waals surface area (Å²) in [6, 6.07) is 20.3. The maximum Gasteiger partial charge on any atom is 0.241 e. The predicted octanol–water partition coefficient (Wildman–Crippen LogP) is 4.28. The Kier molecular flexibility index (Phi) is 4.10. The highest BCUT2D eigenvalue weighted by molar-refractivity contribution is 5.93. The molecule has 0 saturated heterocycles. The summed E-state index contributed by atoms with van der Waals surface area (Å²) in [7, 11) is 0. The van der Waals surface area contributed by atoms with Crippen molar-refractivity contribution in [2.75, 3.05) is 0 Å². The van der Waals surface area contributed by atoms with Crippen molar-refractivity contribution in [3.8, 4) is 0 Å². The molecule has 3 rings (SSSR count). The number of hydrogen-bond donors (Lipinski definition) is 0. The molecule has 0 saturated carbocycles. The number of carbonyl (C=O) groups excluding carboxylic acids is 1. The fourth-order valence-electron chi connectivity index (χ4n) is 3.20. The largest absolute Gasteiger partial charge is 0.314 e. The Morgan fingerprint density at radius 2 is 1.59 bits per heavy atom. The molecular weight excluding hydrogens is 270 g/mol. The maximum atomic E-state index is 13.1. The SMILES string of the molecule is CCCC1(c2ccccc2)C=CN(Cc2ccccc2)C1=O. The first-order chi connectivity index (χ1) is 10.8. The molecule has 2 aromatic carbocycles. The highest BCUT2D eigenvalue weighted by atomic mass is 16.2. The number of amides is 1. The van der Waals surface area contributed by atoms with Crippen LogP contribution in [0.4, 0.5) is 0 Å². The van der Waals surface area contributed by atoms with E-state index in [1.54, 1.807) is 0 Å². The summed E-state index contributed by atoms with van der Waals surface area (Å²) < 4.78 is 0. The van der Waals surface area contributed by atoms with Gasteiger partial charge in [-0.15, -0.1) is 0 Å². The maximum absolute atomic E-state index is 13.1. The van der Waals surface area contributed by atoms with Gasteiger partial charge in [-0.3, -0.25) is 4.79 Å². The predicted molar refractivity (Wildman–Crippen MR) is 89.2 cm³/mol. The molecular formula is C20H21NO. The third kappa shape index (κ3) is 2.57. The lowest BCUT2D eigenvalue weighted by molar-refractivity contribution is -0.132. The van der Waals surface area contributed by atoms with Gasteiger partial charge in [-0.05, 0) is 23.6 Å². The van der Waals surface area contributed by atoms with E-state index < -0.39 is 5.41 Å². The molecule has 1 heterocycles. The Morgan fingerprint density at radius 1 is 0.955 bits per heavy atom. The highest BCUT2D eigenvalue weighted by Gasteiger charge is 2.43. The van der Waals surface area contributed by atoms with Crippen LogP contribution in [0.5, 0.6) is 0 Å². The molecule has 2 heteroatoms. The van der Waals surface area contributed by atoms with E-state index in [2.05, 4.69) is 37.3 Å². The molecule has 0 radical (unpaired) electrons. The number of nitrogens with zero attached hydrogens (tertiary/aromatic N) is 1. The quantitative estimate of drug-likeness (QED) is 0.805. The van der Waals surface area contributed by atoms with Crippen LogP contribution in [0.1, 0.15) is 30.9 Å². The van der Waals surface area contributed by atoms with Crippen LogP contribution in [0.25, 0.3) is 0 Å². The fraction of sp³-hybridized carbons (Fsp3) is 0.250. The van der Waals surface area contributed by atoms with Gasteiger partial charge in [0.2, 0.25) is 5.91 Å². The molecule has 1 atom stereocenters. The van der Waals surface area contributed by atoms with Crippen LogP contribution < -0.4 is 0 Å². The summed E-state index contributed by atoms with van der Waals surface area (Å²) in [6.45, 7) is 2.76. The monoisotopic (exact) mass is 291 g/mol. The Labute approximate surface area is 132 Å². The lowest BCUT2D eigenvalue weighted by Crippen LogP contribution is -2.38. The van der Waals surface area contributed by atoms with Crippen molar-refractivity contribution in [1.29, 1.82) is 0 Å². The van der Waals surface area contributed by atoms with E-state index >= 15 is 0 Å². The Balaban J connectivity index is 1.88. The van der Waals surface area contributed by atoms with Crippen LogP contribution in [-0.4, -0.2) is 10.8 Å². The van der Waals surface area contributed by atoms with E-state index in [9.17, 15) is 4.79 Å². The summed E-state index contributed by atoms with van der Waals surface area (Å²) in [5.41, 5.74) is 1.75. The molecule has 1 unspecified atom stereocenters. The molecule has 0 N–H and O–H groups in total. The van der Waals surface area contributed by atoms with Crippen molar-refractivity contribution in [1.82, 2.24) is 4.90 Å². The second kappa shape index (κ2) is 6.18. The van der Waals surface area contributed by atoms with Crippen molar-refractivity contribution in [2.45, 2.75) is 31.7 Å². The van der Waals surface area contributed by atoms with Crippen molar-refractivity contribution in [3.63, 3.8) is 0 Å². The minimum absolute atomic E-state index is 0.185. The molecule has 0 aliphatic carbocycles. The lowest BCUT2D eigenvalue weighted by Gasteiger charge is -2.28. The van der Waals surface area contributed by atoms with Crippen LogP contribution in [0, 0.1) is 0 Å². The van der Waals surface area contributed by atoms with Gasteiger partial charge in [0, 0.05) is 6.20 Å². The van der Waals surface area contributed by atoms with Gasteiger partial charge in [0.1, 0.15) is 0 Å². The van der Waals surface area contributed by atoms with Crippen molar-refractivity contribution >= 4 is 5.91 Å². The molecule has 2 nitrogen and oxygen atoms in total. The van der Waals surface area contributed by atoms with Gasteiger partial charge in [0.15, 0.2) is 0 Å². The molecule has 1 amide bonds. The van der Waals surface area contributed by atoms with E-state index in [1.807, 2.05) is 47.5 Å². The zero-order valence-electron chi connectivity index (χ0n) is 12.9. The average molecular weight is 291 g/mol. The van der Waals surface area contributed by atoms with Crippen LogP contribution in [0.15, 0.2) is 72.9 Å². The molecule has 0 aromatic heterocycles. The topological polar surface area (TPSA) is 20.3 Å².